The third-order valence-corrected chi connectivity index (χ3v) is 4.38. The molecule has 0 aliphatic carbocycles. The average molecular weight is 362 g/mol. The molecule has 1 aliphatic rings. The van der Waals surface area contributed by atoms with Crippen LogP contribution in [0, 0.1) is 0 Å². The summed E-state index contributed by atoms with van der Waals surface area (Å²) in [4.78, 5) is 18.8. The van der Waals surface area contributed by atoms with Crippen molar-refractivity contribution in [2.75, 3.05) is 46.9 Å². The lowest BCUT2D eigenvalue weighted by Crippen LogP contribution is -2.48. The molecule has 0 unspecified atom stereocenters. The van der Waals surface area contributed by atoms with Crippen molar-refractivity contribution in [2.45, 2.75) is 25.9 Å². The molecule has 2 N–H and O–H groups in total. The number of carbonyl (C=O) groups excluding carboxylic acids is 1. The quantitative estimate of drug-likeness (QED) is 0.437. The van der Waals surface area contributed by atoms with Gasteiger partial charge in [0.2, 0.25) is 0 Å². The molecule has 144 valence electrons. The number of ether oxygens (including phenoxy) is 2. The topological polar surface area (TPSA) is 75.2 Å². The van der Waals surface area contributed by atoms with E-state index in [-0.39, 0.29) is 5.91 Å². The lowest BCUT2D eigenvalue weighted by Gasteiger charge is -2.34. The van der Waals surface area contributed by atoms with Crippen molar-refractivity contribution in [2.24, 2.45) is 4.99 Å². The van der Waals surface area contributed by atoms with E-state index in [1.807, 2.05) is 13.0 Å². The van der Waals surface area contributed by atoms with E-state index >= 15 is 0 Å². The Kier molecular flexibility index (Phi) is 8.21. The molecule has 7 heteroatoms. The van der Waals surface area contributed by atoms with Gasteiger partial charge in [-0.1, -0.05) is 6.07 Å². The van der Waals surface area contributed by atoms with Crippen LogP contribution < -0.4 is 15.4 Å². The highest BCUT2D eigenvalue weighted by molar-refractivity contribution is 5.94. The van der Waals surface area contributed by atoms with Crippen LogP contribution in [0.15, 0.2) is 29.3 Å². The number of amides is 1. The van der Waals surface area contributed by atoms with Crippen molar-refractivity contribution in [3.8, 4) is 5.75 Å². The fraction of sp³-hybridized carbons (Fsp3) is 0.579. The van der Waals surface area contributed by atoms with Crippen LogP contribution >= 0.6 is 0 Å². The van der Waals surface area contributed by atoms with E-state index in [9.17, 15) is 4.79 Å². The van der Waals surface area contributed by atoms with Crippen LogP contribution in [0.5, 0.6) is 5.75 Å². The van der Waals surface area contributed by atoms with Gasteiger partial charge < -0.3 is 25.0 Å². The van der Waals surface area contributed by atoms with Crippen molar-refractivity contribution < 1.29 is 14.3 Å². The molecule has 0 aromatic heterocycles. The molecule has 1 aromatic rings. The first-order valence-corrected chi connectivity index (χ1v) is 9.17. The number of hydrogen-bond donors (Lipinski definition) is 2. The number of aliphatic imine (C=N–C) groups is 1. The maximum Gasteiger partial charge on any atom is 0.251 e. The van der Waals surface area contributed by atoms with Crippen LogP contribution in [0.2, 0.25) is 0 Å². The average Bonchev–Trinajstić information content (AvgIpc) is 2.69. The van der Waals surface area contributed by atoms with Crippen molar-refractivity contribution in [1.29, 1.82) is 0 Å². The zero-order chi connectivity index (χ0) is 18.8. The van der Waals surface area contributed by atoms with Gasteiger partial charge >= 0.3 is 0 Å². The van der Waals surface area contributed by atoms with E-state index in [2.05, 4.69) is 20.5 Å². The SMILES string of the molecule is CCOC1CCN(C(=NC)NCCNC(=O)c2cccc(OC)c2)CC1. The summed E-state index contributed by atoms with van der Waals surface area (Å²) >= 11 is 0. The van der Waals surface area contributed by atoms with Crippen molar-refractivity contribution >= 4 is 11.9 Å². The van der Waals surface area contributed by atoms with Gasteiger partial charge in [0.25, 0.3) is 5.91 Å². The fourth-order valence-electron chi connectivity index (χ4n) is 3.02. The first kappa shape index (κ1) is 20.0. The van der Waals surface area contributed by atoms with Crippen molar-refractivity contribution in [3.63, 3.8) is 0 Å². The van der Waals surface area contributed by atoms with Crippen LogP contribution in [0.4, 0.5) is 0 Å². The largest absolute Gasteiger partial charge is 0.497 e. The predicted molar refractivity (Wildman–Crippen MR) is 103 cm³/mol. The maximum absolute atomic E-state index is 12.2. The Hall–Kier alpha value is -2.28. The van der Waals surface area contributed by atoms with E-state index in [1.165, 1.54) is 0 Å². The maximum atomic E-state index is 12.2. The van der Waals surface area contributed by atoms with Gasteiger partial charge in [0, 0.05) is 45.4 Å². The Morgan fingerprint density at radius 3 is 2.65 bits per heavy atom. The minimum Gasteiger partial charge on any atom is -0.497 e. The third-order valence-electron chi connectivity index (χ3n) is 4.38. The number of rotatable bonds is 7. The molecule has 7 nitrogen and oxygen atoms in total. The molecule has 0 radical (unpaired) electrons. The van der Waals surface area contributed by atoms with Crippen LogP contribution in [0.1, 0.15) is 30.1 Å². The minimum absolute atomic E-state index is 0.113. The highest BCUT2D eigenvalue weighted by Gasteiger charge is 2.21. The number of carbonyl (C=O) groups is 1. The molecule has 1 saturated heterocycles. The summed E-state index contributed by atoms with van der Waals surface area (Å²) in [6.45, 7) is 5.80. The first-order valence-electron chi connectivity index (χ1n) is 9.17. The fourth-order valence-corrected chi connectivity index (χ4v) is 3.02. The number of benzene rings is 1. The number of guanidine groups is 1. The number of likely N-dealkylation sites (tertiary alicyclic amines) is 1. The molecular formula is C19H30N4O3. The van der Waals surface area contributed by atoms with Crippen LogP contribution in [0.3, 0.4) is 0 Å². The second-order valence-electron chi connectivity index (χ2n) is 6.10. The lowest BCUT2D eigenvalue weighted by atomic mass is 10.1. The Morgan fingerprint density at radius 1 is 1.27 bits per heavy atom. The van der Waals surface area contributed by atoms with Gasteiger partial charge in [-0.05, 0) is 38.0 Å². The summed E-state index contributed by atoms with van der Waals surface area (Å²) in [5.41, 5.74) is 0.590. The van der Waals surface area contributed by atoms with Gasteiger partial charge in [-0.3, -0.25) is 9.79 Å². The van der Waals surface area contributed by atoms with Crippen LogP contribution in [-0.2, 0) is 4.74 Å². The number of nitrogens with one attached hydrogen (secondary N) is 2. The van der Waals surface area contributed by atoms with E-state index < -0.39 is 0 Å². The Morgan fingerprint density at radius 2 is 2.00 bits per heavy atom. The highest BCUT2D eigenvalue weighted by Crippen LogP contribution is 2.14. The van der Waals surface area contributed by atoms with Crippen molar-refractivity contribution in [1.82, 2.24) is 15.5 Å². The molecule has 1 fully saturated rings. The molecule has 0 atom stereocenters. The number of nitrogens with zero attached hydrogens (tertiary/aromatic N) is 2. The van der Waals surface area contributed by atoms with Gasteiger partial charge in [0.05, 0.1) is 13.2 Å². The number of hydrogen-bond acceptors (Lipinski definition) is 4. The van der Waals surface area contributed by atoms with Gasteiger partial charge in [-0.15, -0.1) is 0 Å². The van der Waals surface area contributed by atoms with Gasteiger partial charge in [-0.25, -0.2) is 0 Å². The first-order chi connectivity index (χ1) is 12.7. The van der Waals surface area contributed by atoms with Gasteiger partial charge in [0.1, 0.15) is 5.75 Å². The molecule has 1 aliphatic heterocycles. The summed E-state index contributed by atoms with van der Waals surface area (Å²) in [6, 6.07) is 7.12. The molecule has 1 aromatic carbocycles. The molecule has 1 heterocycles. The molecule has 0 bridgehead atoms. The van der Waals surface area contributed by atoms with Gasteiger partial charge in [-0.2, -0.15) is 0 Å². The molecule has 1 amide bonds. The van der Waals surface area contributed by atoms with Gasteiger partial charge in [0.15, 0.2) is 5.96 Å². The molecule has 0 spiro atoms. The standard InChI is InChI=1S/C19H30N4O3/c1-4-26-16-8-12-23(13-9-16)19(20-2)22-11-10-21-18(24)15-6-5-7-17(14-15)25-3/h5-7,14,16H,4,8-13H2,1-3H3,(H,20,22)(H,21,24). The van der Waals surface area contributed by atoms with E-state index in [4.69, 9.17) is 9.47 Å². The van der Waals surface area contributed by atoms with E-state index in [1.54, 1.807) is 32.4 Å². The number of piperidine rings is 1. The van der Waals surface area contributed by atoms with Crippen LogP contribution in [-0.4, -0.2) is 69.8 Å². The molecule has 2 rings (SSSR count). The summed E-state index contributed by atoms with van der Waals surface area (Å²) < 4.78 is 10.8. The van der Waals surface area contributed by atoms with E-state index in [0.717, 1.165) is 38.5 Å². The predicted octanol–water partition coefficient (Wildman–Crippen LogP) is 1.50. The smallest absolute Gasteiger partial charge is 0.251 e. The minimum atomic E-state index is -0.113. The Labute approximate surface area is 155 Å². The second kappa shape index (κ2) is 10.7. The third kappa shape index (κ3) is 5.91. The molecule has 26 heavy (non-hydrogen) atoms. The van der Waals surface area contributed by atoms with E-state index in [0.29, 0.717) is 30.5 Å². The van der Waals surface area contributed by atoms with Crippen LogP contribution in [0.25, 0.3) is 0 Å². The van der Waals surface area contributed by atoms with Crippen molar-refractivity contribution in [3.05, 3.63) is 29.8 Å². The lowest BCUT2D eigenvalue weighted by molar-refractivity contribution is 0.0264. The highest BCUT2D eigenvalue weighted by atomic mass is 16.5. The monoisotopic (exact) mass is 362 g/mol. The normalized spacial score (nSPS) is 15.7. The Balaban J connectivity index is 1.71. The Bertz CT molecular complexity index is 598. The summed E-state index contributed by atoms with van der Waals surface area (Å²) in [5, 5.41) is 6.22. The number of methoxy groups -OCH3 is 1. The summed E-state index contributed by atoms with van der Waals surface area (Å²) in [6.07, 6.45) is 2.39. The second-order valence-corrected chi connectivity index (χ2v) is 6.10. The molecular weight excluding hydrogens is 332 g/mol. The zero-order valence-corrected chi connectivity index (χ0v) is 16.0. The molecule has 0 saturated carbocycles. The zero-order valence-electron chi connectivity index (χ0n) is 16.0. The summed E-state index contributed by atoms with van der Waals surface area (Å²) in [7, 11) is 3.37. The summed E-state index contributed by atoms with van der Waals surface area (Å²) in [5.74, 6) is 1.43.